The van der Waals surface area contributed by atoms with Crippen LogP contribution in [0.15, 0.2) is 23.2 Å². The predicted molar refractivity (Wildman–Crippen MR) is 64.6 cm³/mol. The van der Waals surface area contributed by atoms with Gasteiger partial charge in [0.2, 0.25) is 10.0 Å². The molecule has 1 aromatic rings. The highest BCUT2D eigenvalue weighted by Gasteiger charge is 2.29. The van der Waals surface area contributed by atoms with Gasteiger partial charge in [-0.2, -0.15) is 4.31 Å². The van der Waals surface area contributed by atoms with E-state index in [1.807, 2.05) is 0 Å². The van der Waals surface area contributed by atoms with Crippen LogP contribution < -0.4 is 4.90 Å². The first-order valence-corrected chi connectivity index (χ1v) is 7.25. The fourth-order valence-electron chi connectivity index (χ4n) is 1.77. The highest BCUT2D eigenvalue weighted by molar-refractivity contribution is 7.89. The molecule has 0 unspecified atom stereocenters. The first-order chi connectivity index (χ1) is 8.00. The van der Waals surface area contributed by atoms with Crippen LogP contribution in [0.1, 0.15) is 0 Å². The maximum atomic E-state index is 12.2. The van der Waals surface area contributed by atoms with Crippen LogP contribution >= 0.6 is 11.6 Å². The predicted octanol–water partition coefficient (Wildman–Crippen LogP) is -0.746. The van der Waals surface area contributed by atoms with E-state index in [1.54, 1.807) is 0 Å². The molecule has 0 aromatic carbocycles. The molecule has 7 heteroatoms. The molecule has 0 bridgehead atoms. The Morgan fingerprint density at radius 2 is 2.00 bits per heavy atom. The molecule has 1 aromatic heterocycles. The third-order valence-electron chi connectivity index (χ3n) is 2.91. The normalized spacial score (nSPS) is 19.4. The molecule has 0 radical (unpaired) electrons. The van der Waals surface area contributed by atoms with Crippen LogP contribution in [0.2, 0.25) is 5.15 Å². The Morgan fingerprint density at radius 1 is 1.35 bits per heavy atom. The van der Waals surface area contributed by atoms with Gasteiger partial charge >= 0.3 is 0 Å². The minimum Gasteiger partial charge on any atom is -0.335 e. The summed E-state index contributed by atoms with van der Waals surface area (Å²) in [6.07, 6.45) is 1.31. The van der Waals surface area contributed by atoms with Gasteiger partial charge in [-0.15, -0.1) is 0 Å². The average Bonchev–Trinajstić information content (AvgIpc) is 2.30. The number of halogens is 1. The number of quaternary nitrogens is 1. The average molecular weight is 277 g/mol. The lowest BCUT2D eigenvalue weighted by Crippen LogP contribution is -3.12. The topological polar surface area (TPSA) is 54.7 Å². The number of sulfonamides is 1. The van der Waals surface area contributed by atoms with Gasteiger partial charge in [0.25, 0.3) is 0 Å². The molecule has 2 rings (SSSR count). The molecule has 0 aliphatic carbocycles. The first kappa shape index (κ1) is 12.8. The van der Waals surface area contributed by atoms with Crippen LogP contribution in [-0.4, -0.2) is 50.9 Å². The van der Waals surface area contributed by atoms with E-state index in [1.165, 1.54) is 27.5 Å². The maximum absolute atomic E-state index is 12.2. The standard InChI is InChI=1S/C10H14ClN3O2S/c1-13-4-6-14(7-5-13)17(15,16)9-2-3-10(11)12-8-9/h2-3,8H,4-7H2,1H3/p+1. The van der Waals surface area contributed by atoms with Gasteiger partial charge in [-0.05, 0) is 12.1 Å². The Labute approximate surface area is 106 Å². The monoisotopic (exact) mass is 276 g/mol. The molecule has 1 fully saturated rings. The summed E-state index contributed by atoms with van der Waals surface area (Å²) in [5.74, 6) is 0. The number of nitrogens with zero attached hydrogens (tertiary/aromatic N) is 2. The van der Waals surface area contributed by atoms with Crippen molar-refractivity contribution in [1.82, 2.24) is 9.29 Å². The zero-order valence-electron chi connectivity index (χ0n) is 9.56. The first-order valence-electron chi connectivity index (χ1n) is 5.43. The Balaban J connectivity index is 2.21. The lowest BCUT2D eigenvalue weighted by molar-refractivity contribution is -0.883. The quantitative estimate of drug-likeness (QED) is 0.724. The fourth-order valence-corrected chi connectivity index (χ4v) is 3.27. The van der Waals surface area contributed by atoms with Crippen molar-refractivity contribution in [3.8, 4) is 0 Å². The van der Waals surface area contributed by atoms with Gasteiger partial charge in [0.15, 0.2) is 0 Å². The summed E-state index contributed by atoms with van der Waals surface area (Å²) in [6.45, 7) is 2.77. The lowest BCUT2D eigenvalue weighted by atomic mass is 10.4. The van der Waals surface area contributed by atoms with Crippen molar-refractivity contribution in [2.75, 3.05) is 33.2 Å². The van der Waals surface area contributed by atoms with Crippen molar-refractivity contribution in [3.63, 3.8) is 0 Å². The number of nitrogens with one attached hydrogen (secondary N) is 1. The number of hydrogen-bond donors (Lipinski definition) is 1. The molecule has 17 heavy (non-hydrogen) atoms. The molecule has 1 saturated heterocycles. The Morgan fingerprint density at radius 3 is 2.53 bits per heavy atom. The van der Waals surface area contributed by atoms with E-state index < -0.39 is 10.0 Å². The smallest absolute Gasteiger partial charge is 0.245 e. The summed E-state index contributed by atoms with van der Waals surface area (Å²) in [4.78, 5) is 5.37. The van der Waals surface area contributed by atoms with E-state index in [9.17, 15) is 8.42 Å². The minimum absolute atomic E-state index is 0.210. The van der Waals surface area contributed by atoms with Crippen LogP contribution in [0.25, 0.3) is 0 Å². The lowest BCUT2D eigenvalue weighted by Gasteiger charge is -2.29. The van der Waals surface area contributed by atoms with Crippen LogP contribution in [0.5, 0.6) is 0 Å². The molecule has 5 nitrogen and oxygen atoms in total. The molecule has 1 aliphatic heterocycles. The highest BCUT2D eigenvalue weighted by Crippen LogP contribution is 2.16. The van der Waals surface area contributed by atoms with E-state index >= 15 is 0 Å². The molecular formula is C10H15ClN3O2S+. The SMILES string of the molecule is C[NH+]1CCN(S(=O)(=O)c2ccc(Cl)nc2)CC1. The Hall–Kier alpha value is -0.690. The zero-order chi connectivity index (χ0) is 12.5. The second kappa shape index (κ2) is 4.89. The van der Waals surface area contributed by atoms with Gasteiger partial charge in [-0.3, -0.25) is 0 Å². The van der Waals surface area contributed by atoms with Gasteiger partial charge in [-0.1, -0.05) is 11.6 Å². The molecule has 2 heterocycles. The Kier molecular flexibility index (Phi) is 3.67. The van der Waals surface area contributed by atoms with E-state index in [-0.39, 0.29) is 4.90 Å². The molecule has 0 atom stereocenters. The van der Waals surface area contributed by atoms with E-state index in [4.69, 9.17) is 11.6 Å². The van der Waals surface area contributed by atoms with Crippen molar-refractivity contribution in [3.05, 3.63) is 23.5 Å². The summed E-state index contributed by atoms with van der Waals surface area (Å²) >= 11 is 5.64. The number of aromatic nitrogens is 1. The van der Waals surface area contributed by atoms with Crippen LogP contribution in [0.3, 0.4) is 0 Å². The molecule has 94 valence electrons. The third-order valence-corrected chi connectivity index (χ3v) is 5.02. The summed E-state index contributed by atoms with van der Waals surface area (Å²) in [7, 11) is -1.34. The van der Waals surface area contributed by atoms with Gasteiger partial charge in [0.05, 0.1) is 33.2 Å². The Bertz CT molecular complexity index is 481. The zero-order valence-corrected chi connectivity index (χ0v) is 11.1. The molecular weight excluding hydrogens is 262 g/mol. The van der Waals surface area contributed by atoms with Crippen molar-refractivity contribution in [2.24, 2.45) is 0 Å². The second-order valence-electron chi connectivity index (χ2n) is 4.18. The summed E-state index contributed by atoms with van der Waals surface area (Å²) in [5, 5.41) is 0.298. The third kappa shape index (κ3) is 2.77. The van der Waals surface area contributed by atoms with Crippen LogP contribution in [0, 0.1) is 0 Å². The van der Waals surface area contributed by atoms with Gasteiger partial charge in [-0.25, -0.2) is 13.4 Å². The summed E-state index contributed by atoms with van der Waals surface area (Å²) in [6, 6.07) is 2.99. The van der Waals surface area contributed by atoms with Crippen molar-refractivity contribution in [1.29, 1.82) is 0 Å². The van der Waals surface area contributed by atoms with Crippen molar-refractivity contribution < 1.29 is 13.3 Å². The summed E-state index contributed by atoms with van der Waals surface area (Å²) in [5.41, 5.74) is 0. The highest BCUT2D eigenvalue weighted by atomic mass is 35.5. The number of rotatable bonds is 2. The second-order valence-corrected chi connectivity index (χ2v) is 6.50. The van der Waals surface area contributed by atoms with E-state index in [0.717, 1.165) is 13.1 Å². The largest absolute Gasteiger partial charge is 0.335 e. The minimum atomic E-state index is -3.40. The van der Waals surface area contributed by atoms with Gasteiger partial charge in [0, 0.05) is 6.20 Å². The maximum Gasteiger partial charge on any atom is 0.245 e. The van der Waals surface area contributed by atoms with Crippen molar-refractivity contribution >= 4 is 21.6 Å². The van der Waals surface area contributed by atoms with E-state index in [2.05, 4.69) is 12.0 Å². The molecule has 0 amide bonds. The van der Waals surface area contributed by atoms with Crippen LogP contribution in [-0.2, 0) is 10.0 Å². The van der Waals surface area contributed by atoms with Gasteiger partial charge in [0.1, 0.15) is 10.0 Å². The fraction of sp³-hybridized carbons (Fsp3) is 0.500. The number of piperazine rings is 1. The number of pyridine rings is 1. The molecule has 0 saturated carbocycles. The van der Waals surface area contributed by atoms with Crippen LogP contribution in [0.4, 0.5) is 0 Å². The van der Waals surface area contributed by atoms with Gasteiger partial charge < -0.3 is 4.90 Å². The summed E-state index contributed by atoms with van der Waals surface area (Å²) < 4.78 is 26.0. The van der Waals surface area contributed by atoms with E-state index in [0.29, 0.717) is 18.2 Å². The molecule has 0 spiro atoms. The molecule has 1 N–H and O–H groups in total. The number of likely N-dealkylation sites (N-methyl/N-ethyl adjacent to an activating group) is 1. The van der Waals surface area contributed by atoms with Crippen molar-refractivity contribution in [2.45, 2.75) is 4.90 Å². The number of hydrogen-bond acceptors (Lipinski definition) is 3. The molecule has 1 aliphatic rings.